The molecule has 0 radical (unpaired) electrons. The SMILES string of the molecule is C=C(C#N)CCNC(=O)c1ccc(C(F)(F)F)cc1NS(=O)(=O)c1ccc(S(=O)(=O)CC)cc1. The molecule has 0 saturated carbocycles. The summed E-state index contributed by atoms with van der Waals surface area (Å²) >= 11 is 0. The molecule has 0 spiro atoms. The number of nitrogens with one attached hydrogen (secondary N) is 2. The molecule has 0 fully saturated rings. The molecule has 182 valence electrons. The maximum absolute atomic E-state index is 13.2. The van der Waals surface area contributed by atoms with E-state index in [1.807, 2.05) is 4.72 Å². The lowest BCUT2D eigenvalue weighted by Crippen LogP contribution is -2.26. The van der Waals surface area contributed by atoms with E-state index in [1.54, 1.807) is 6.07 Å². The van der Waals surface area contributed by atoms with E-state index in [1.165, 1.54) is 6.92 Å². The van der Waals surface area contributed by atoms with Gasteiger partial charge < -0.3 is 5.32 Å². The molecule has 0 aliphatic carbocycles. The lowest BCUT2D eigenvalue weighted by molar-refractivity contribution is -0.137. The van der Waals surface area contributed by atoms with Crippen LogP contribution in [0.1, 0.15) is 29.3 Å². The first kappa shape index (κ1) is 26.9. The highest BCUT2D eigenvalue weighted by Gasteiger charge is 2.32. The average Bonchev–Trinajstić information content (AvgIpc) is 2.78. The van der Waals surface area contributed by atoms with Crippen molar-refractivity contribution < 1.29 is 34.8 Å². The fourth-order valence-corrected chi connectivity index (χ4v) is 4.63. The molecule has 0 bridgehead atoms. The van der Waals surface area contributed by atoms with E-state index in [-0.39, 0.29) is 34.8 Å². The maximum Gasteiger partial charge on any atom is 0.416 e. The third kappa shape index (κ3) is 6.58. The van der Waals surface area contributed by atoms with E-state index >= 15 is 0 Å². The second-order valence-electron chi connectivity index (χ2n) is 6.96. The molecule has 8 nitrogen and oxygen atoms in total. The predicted molar refractivity (Wildman–Crippen MR) is 118 cm³/mol. The zero-order chi connectivity index (χ0) is 25.7. The molecule has 34 heavy (non-hydrogen) atoms. The van der Waals surface area contributed by atoms with Crippen LogP contribution in [-0.4, -0.2) is 35.0 Å². The molecular formula is C21H20F3N3O5S2. The molecule has 2 aromatic rings. The molecule has 0 heterocycles. The molecule has 0 aliphatic heterocycles. The Balaban J connectivity index is 2.42. The number of hydrogen-bond donors (Lipinski definition) is 2. The molecule has 0 saturated heterocycles. The van der Waals surface area contributed by atoms with Crippen LogP contribution in [0.5, 0.6) is 0 Å². The van der Waals surface area contributed by atoms with Crippen LogP contribution in [0.2, 0.25) is 0 Å². The summed E-state index contributed by atoms with van der Waals surface area (Å²) in [6.07, 6.45) is -4.72. The van der Waals surface area contributed by atoms with Gasteiger partial charge in [-0.3, -0.25) is 9.52 Å². The van der Waals surface area contributed by atoms with E-state index in [0.29, 0.717) is 12.1 Å². The smallest absolute Gasteiger partial charge is 0.352 e. The van der Waals surface area contributed by atoms with Gasteiger partial charge in [-0.2, -0.15) is 18.4 Å². The molecule has 0 aliphatic rings. The zero-order valence-electron chi connectivity index (χ0n) is 17.8. The van der Waals surface area contributed by atoms with Crippen molar-refractivity contribution in [1.29, 1.82) is 5.26 Å². The first-order chi connectivity index (χ1) is 15.7. The predicted octanol–water partition coefficient (Wildman–Crippen LogP) is 3.50. The van der Waals surface area contributed by atoms with E-state index < -0.39 is 48.1 Å². The number of alkyl halides is 3. The van der Waals surface area contributed by atoms with Crippen molar-refractivity contribution in [1.82, 2.24) is 5.32 Å². The molecule has 13 heteroatoms. The van der Waals surface area contributed by atoms with Crippen molar-refractivity contribution in [2.45, 2.75) is 29.3 Å². The van der Waals surface area contributed by atoms with E-state index in [9.17, 15) is 34.8 Å². The van der Waals surface area contributed by atoms with E-state index in [4.69, 9.17) is 5.26 Å². The van der Waals surface area contributed by atoms with Crippen LogP contribution >= 0.6 is 0 Å². The summed E-state index contributed by atoms with van der Waals surface area (Å²) in [4.78, 5) is 12.0. The van der Waals surface area contributed by atoms with Crippen LogP contribution < -0.4 is 10.0 Å². The number of halogens is 3. The number of carbonyl (C=O) groups excluding carboxylic acids is 1. The van der Waals surface area contributed by atoms with Gasteiger partial charge in [0.25, 0.3) is 15.9 Å². The Hall–Kier alpha value is -3.37. The monoisotopic (exact) mass is 515 g/mol. The van der Waals surface area contributed by atoms with Crippen LogP contribution in [0.15, 0.2) is 64.4 Å². The number of hydrogen-bond acceptors (Lipinski definition) is 6. The van der Waals surface area contributed by atoms with Gasteiger partial charge in [-0.15, -0.1) is 0 Å². The van der Waals surface area contributed by atoms with Crippen LogP contribution in [0.3, 0.4) is 0 Å². The van der Waals surface area contributed by atoms with Gasteiger partial charge >= 0.3 is 6.18 Å². The number of nitrogens with zero attached hydrogens (tertiary/aromatic N) is 1. The minimum Gasteiger partial charge on any atom is -0.352 e. The van der Waals surface area contributed by atoms with Crippen molar-refractivity contribution in [3.8, 4) is 6.07 Å². The highest BCUT2D eigenvalue weighted by atomic mass is 32.2. The molecule has 2 aromatic carbocycles. The fourth-order valence-electron chi connectivity index (χ4n) is 2.68. The summed E-state index contributed by atoms with van der Waals surface area (Å²) in [6.45, 7) is 4.81. The minimum absolute atomic E-state index is 0.0498. The van der Waals surface area contributed by atoms with Gasteiger partial charge in [0, 0.05) is 12.1 Å². The maximum atomic E-state index is 13.2. The lowest BCUT2D eigenvalue weighted by Gasteiger charge is -2.16. The van der Waals surface area contributed by atoms with Gasteiger partial charge in [-0.25, -0.2) is 16.8 Å². The van der Waals surface area contributed by atoms with Gasteiger partial charge in [-0.05, 0) is 48.9 Å². The first-order valence-electron chi connectivity index (χ1n) is 9.64. The number of sulfonamides is 1. The highest BCUT2D eigenvalue weighted by molar-refractivity contribution is 7.92. The van der Waals surface area contributed by atoms with Gasteiger partial charge in [0.05, 0.1) is 38.4 Å². The van der Waals surface area contributed by atoms with Crippen LogP contribution in [0.4, 0.5) is 18.9 Å². The quantitative estimate of drug-likeness (QED) is 0.491. The average molecular weight is 516 g/mol. The second kappa shape index (κ2) is 10.3. The van der Waals surface area contributed by atoms with Gasteiger partial charge in [0.2, 0.25) is 0 Å². The largest absolute Gasteiger partial charge is 0.416 e. The fraction of sp³-hybridized carbons (Fsp3) is 0.238. The Morgan fingerprint density at radius 3 is 2.18 bits per heavy atom. The molecule has 0 unspecified atom stereocenters. The summed E-state index contributed by atoms with van der Waals surface area (Å²) in [5.41, 5.74) is -2.04. The van der Waals surface area contributed by atoms with Gasteiger partial charge in [0.15, 0.2) is 9.84 Å². The minimum atomic E-state index is -4.81. The topological polar surface area (TPSA) is 133 Å². The number of rotatable bonds is 9. The molecule has 2 rings (SSSR count). The third-order valence-electron chi connectivity index (χ3n) is 4.58. The van der Waals surface area contributed by atoms with Crippen LogP contribution in [0, 0.1) is 11.3 Å². The second-order valence-corrected chi connectivity index (χ2v) is 10.9. The Kier molecular flexibility index (Phi) is 8.12. The number of amides is 1. The van der Waals surface area contributed by atoms with Crippen molar-refractivity contribution >= 4 is 31.5 Å². The Bertz CT molecular complexity index is 1350. The van der Waals surface area contributed by atoms with Crippen LogP contribution in [-0.2, 0) is 26.0 Å². The summed E-state index contributed by atoms with van der Waals surface area (Å²) in [5, 5.41) is 11.1. The Morgan fingerprint density at radius 2 is 1.65 bits per heavy atom. The van der Waals surface area contributed by atoms with E-state index in [2.05, 4.69) is 11.9 Å². The molecule has 1 amide bonds. The van der Waals surface area contributed by atoms with Gasteiger partial charge in [-0.1, -0.05) is 13.5 Å². The van der Waals surface area contributed by atoms with Crippen molar-refractivity contribution in [2.75, 3.05) is 17.0 Å². The van der Waals surface area contributed by atoms with Crippen LogP contribution in [0.25, 0.3) is 0 Å². The lowest BCUT2D eigenvalue weighted by atomic mass is 10.1. The summed E-state index contributed by atoms with van der Waals surface area (Å²) in [7, 11) is -8.08. The summed E-state index contributed by atoms with van der Waals surface area (Å²) in [6, 6.07) is 7.83. The summed E-state index contributed by atoms with van der Waals surface area (Å²) < 4.78 is 91.0. The molecule has 2 N–H and O–H groups in total. The molecule has 0 aromatic heterocycles. The van der Waals surface area contributed by atoms with Crippen molar-refractivity contribution in [3.63, 3.8) is 0 Å². The number of sulfone groups is 1. The summed E-state index contributed by atoms with van der Waals surface area (Å²) in [5.74, 6) is -1.08. The molecular weight excluding hydrogens is 495 g/mol. The van der Waals surface area contributed by atoms with Gasteiger partial charge in [0.1, 0.15) is 0 Å². The molecule has 0 atom stereocenters. The first-order valence-corrected chi connectivity index (χ1v) is 12.8. The normalized spacial score (nSPS) is 12.0. The van der Waals surface area contributed by atoms with Crippen molar-refractivity contribution in [3.05, 3.63) is 65.7 Å². The van der Waals surface area contributed by atoms with Crippen molar-refractivity contribution in [2.24, 2.45) is 0 Å². The number of anilines is 1. The number of carbonyl (C=O) groups is 1. The Morgan fingerprint density at radius 1 is 1.06 bits per heavy atom. The third-order valence-corrected chi connectivity index (χ3v) is 7.71. The Labute approximate surface area is 195 Å². The number of benzene rings is 2. The highest BCUT2D eigenvalue weighted by Crippen LogP contribution is 2.33. The number of nitriles is 1. The van der Waals surface area contributed by atoms with E-state index in [0.717, 1.165) is 30.3 Å². The standard InChI is InChI=1S/C21H20F3N3O5S2/c1-3-33(29,30)16-5-7-17(8-6-16)34(31,32)27-19-12-15(21(22,23)24)4-9-18(19)20(28)26-11-10-14(2)13-25/h4-9,12,27H,2-3,10-11H2,1H3,(H,26,28). The zero-order valence-corrected chi connectivity index (χ0v) is 19.4.